The minimum atomic E-state index is -0.466. The van der Waals surface area contributed by atoms with Crippen LogP contribution in [0.4, 0.5) is 5.69 Å². The average Bonchev–Trinajstić information content (AvgIpc) is 3.26. The number of hydrogen-bond donors (Lipinski definition) is 0. The monoisotopic (exact) mass is 491 g/mol. The van der Waals surface area contributed by atoms with Crippen molar-refractivity contribution in [1.29, 1.82) is 0 Å². The number of carbonyl (C=O) groups excluding carboxylic acids is 2. The molecule has 2 aromatic carbocycles. The van der Waals surface area contributed by atoms with Gasteiger partial charge >= 0.3 is 0 Å². The molecule has 0 fully saturated rings. The van der Waals surface area contributed by atoms with Gasteiger partial charge in [0.1, 0.15) is 6.54 Å². The van der Waals surface area contributed by atoms with Gasteiger partial charge in [0.2, 0.25) is 11.8 Å². The van der Waals surface area contributed by atoms with E-state index in [1.165, 1.54) is 18.2 Å². The molecule has 0 aliphatic rings. The minimum Gasteiger partial charge on any atom is -0.332 e. The highest BCUT2D eigenvalue weighted by Crippen LogP contribution is 2.20. The van der Waals surface area contributed by atoms with Crippen LogP contribution in [0.5, 0.6) is 0 Å². The molecule has 0 radical (unpaired) electrons. The maximum atomic E-state index is 13.4. The summed E-state index contributed by atoms with van der Waals surface area (Å²) in [5.41, 5.74) is 2.84. The molecular formula is C27H29N3O4S. The standard InChI is InChI=1S/C27H29N3O4S/c1-3-16-28(26(31)14-11-22-9-12-24(13-10-22)30(33)34)20-27(32)29(18-23-7-5-4-6-8-23)19-25-21(2)15-17-35-25/h4-15,17H,3,16,18-20H2,1-2H3. The van der Waals surface area contributed by atoms with Crippen molar-refractivity contribution in [2.45, 2.75) is 33.4 Å². The summed E-state index contributed by atoms with van der Waals surface area (Å²) in [6.07, 6.45) is 3.73. The van der Waals surface area contributed by atoms with Crippen LogP contribution in [0.15, 0.2) is 72.1 Å². The van der Waals surface area contributed by atoms with Crippen molar-refractivity contribution in [3.05, 3.63) is 104 Å². The number of aryl methyl sites for hydroxylation is 1. The summed E-state index contributed by atoms with van der Waals surface area (Å²) in [5, 5.41) is 12.8. The Bertz CT molecular complexity index is 1170. The van der Waals surface area contributed by atoms with E-state index < -0.39 is 4.92 Å². The Hall–Kier alpha value is -3.78. The van der Waals surface area contributed by atoms with Crippen LogP contribution >= 0.6 is 11.3 Å². The summed E-state index contributed by atoms with van der Waals surface area (Å²) in [7, 11) is 0. The van der Waals surface area contributed by atoms with E-state index in [-0.39, 0.29) is 24.0 Å². The lowest BCUT2D eigenvalue weighted by Gasteiger charge is -2.27. The Morgan fingerprint density at radius 3 is 2.31 bits per heavy atom. The molecule has 3 aromatic rings. The Kier molecular flexibility index (Phi) is 9.31. The molecule has 8 heteroatoms. The first-order valence-electron chi connectivity index (χ1n) is 11.4. The number of rotatable bonds is 11. The topological polar surface area (TPSA) is 83.8 Å². The fraction of sp³-hybridized carbons (Fsp3) is 0.259. The molecule has 3 rings (SSSR count). The van der Waals surface area contributed by atoms with Crippen LogP contribution in [0.1, 0.15) is 34.9 Å². The molecular weight excluding hydrogens is 462 g/mol. The zero-order valence-electron chi connectivity index (χ0n) is 19.9. The van der Waals surface area contributed by atoms with Crippen molar-refractivity contribution in [1.82, 2.24) is 9.80 Å². The molecule has 2 amide bonds. The summed E-state index contributed by atoms with van der Waals surface area (Å²) in [4.78, 5) is 41.2. The van der Waals surface area contributed by atoms with E-state index in [0.717, 1.165) is 16.0 Å². The highest BCUT2D eigenvalue weighted by Gasteiger charge is 2.21. The summed E-state index contributed by atoms with van der Waals surface area (Å²) >= 11 is 1.62. The average molecular weight is 492 g/mol. The smallest absolute Gasteiger partial charge is 0.269 e. The minimum absolute atomic E-state index is 0.00818. The Morgan fingerprint density at radius 2 is 1.71 bits per heavy atom. The van der Waals surface area contributed by atoms with Crippen LogP contribution in [0.3, 0.4) is 0 Å². The van der Waals surface area contributed by atoms with E-state index in [1.807, 2.05) is 55.6 Å². The first kappa shape index (κ1) is 25.8. The number of nitrogens with zero attached hydrogens (tertiary/aromatic N) is 3. The van der Waals surface area contributed by atoms with E-state index >= 15 is 0 Å². The zero-order valence-corrected chi connectivity index (χ0v) is 20.7. The van der Waals surface area contributed by atoms with Crippen LogP contribution in [0.25, 0.3) is 6.08 Å². The lowest BCUT2D eigenvalue weighted by Crippen LogP contribution is -2.42. The first-order chi connectivity index (χ1) is 16.9. The SMILES string of the molecule is CCCN(CC(=O)N(Cc1ccccc1)Cc1sccc1C)C(=O)C=Cc1ccc([N+](=O)[O-])cc1. The molecule has 0 spiro atoms. The number of thiophene rings is 1. The van der Waals surface area contributed by atoms with Gasteiger partial charge in [0, 0.05) is 36.2 Å². The number of amides is 2. The number of non-ortho nitro benzene ring substituents is 1. The summed E-state index contributed by atoms with van der Waals surface area (Å²) in [6.45, 7) is 5.38. The largest absolute Gasteiger partial charge is 0.332 e. The molecule has 1 heterocycles. The fourth-order valence-corrected chi connectivity index (χ4v) is 4.48. The van der Waals surface area contributed by atoms with E-state index in [0.29, 0.717) is 31.6 Å². The van der Waals surface area contributed by atoms with Gasteiger partial charge in [-0.15, -0.1) is 11.3 Å². The third kappa shape index (κ3) is 7.61. The van der Waals surface area contributed by atoms with Crippen LogP contribution in [-0.4, -0.2) is 39.6 Å². The molecule has 0 saturated heterocycles. The van der Waals surface area contributed by atoms with Crippen LogP contribution in [0, 0.1) is 17.0 Å². The molecule has 35 heavy (non-hydrogen) atoms. The number of hydrogen-bond acceptors (Lipinski definition) is 5. The quantitative estimate of drug-likeness (QED) is 0.203. The predicted molar refractivity (Wildman–Crippen MR) is 139 cm³/mol. The van der Waals surface area contributed by atoms with Gasteiger partial charge in [-0.3, -0.25) is 19.7 Å². The summed E-state index contributed by atoms with van der Waals surface area (Å²) in [5.74, 6) is -0.391. The maximum absolute atomic E-state index is 13.4. The van der Waals surface area contributed by atoms with Gasteiger partial charge in [-0.2, -0.15) is 0 Å². The lowest BCUT2D eigenvalue weighted by molar-refractivity contribution is -0.384. The van der Waals surface area contributed by atoms with Gasteiger partial charge in [0.15, 0.2) is 0 Å². The van der Waals surface area contributed by atoms with Crippen LogP contribution in [-0.2, 0) is 22.7 Å². The van der Waals surface area contributed by atoms with Crippen molar-refractivity contribution in [2.75, 3.05) is 13.1 Å². The van der Waals surface area contributed by atoms with E-state index in [9.17, 15) is 19.7 Å². The second-order valence-electron chi connectivity index (χ2n) is 8.20. The van der Waals surface area contributed by atoms with Crippen molar-refractivity contribution in [3.8, 4) is 0 Å². The van der Waals surface area contributed by atoms with Gasteiger partial charge < -0.3 is 9.80 Å². The Balaban J connectivity index is 1.73. The molecule has 0 N–H and O–H groups in total. The van der Waals surface area contributed by atoms with Gasteiger partial charge in [-0.05, 0) is 59.7 Å². The molecule has 7 nitrogen and oxygen atoms in total. The maximum Gasteiger partial charge on any atom is 0.269 e. The third-order valence-corrected chi connectivity index (χ3v) is 6.53. The molecule has 0 unspecified atom stereocenters. The number of nitro benzene ring substituents is 1. The lowest BCUT2D eigenvalue weighted by atomic mass is 10.2. The van der Waals surface area contributed by atoms with Crippen LogP contribution in [0.2, 0.25) is 0 Å². The van der Waals surface area contributed by atoms with E-state index in [1.54, 1.807) is 39.3 Å². The molecule has 0 saturated carbocycles. The predicted octanol–water partition coefficient (Wildman–Crippen LogP) is 5.45. The van der Waals surface area contributed by atoms with Gasteiger partial charge in [0.05, 0.1) is 11.5 Å². The third-order valence-electron chi connectivity index (χ3n) is 5.53. The summed E-state index contributed by atoms with van der Waals surface area (Å²) < 4.78 is 0. The zero-order chi connectivity index (χ0) is 25.2. The van der Waals surface area contributed by atoms with Gasteiger partial charge in [0.25, 0.3) is 5.69 Å². The van der Waals surface area contributed by atoms with Crippen LogP contribution < -0.4 is 0 Å². The number of nitro groups is 1. The Morgan fingerprint density at radius 1 is 1.00 bits per heavy atom. The van der Waals surface area contributed by atoms with Crippen molar-refractivity contribution < 1.29 is 14.5 Å². The van der Waals surface area contributed by atoms with Crippen molar-refractivity contribution >= 4 is 34.9 Å². The fourth-order valence-electron chi connectivity index (χ4n) is 3.56. The van der Waals surface area contributed by atoms with E-state index in [4.69, 9.17) is 0 Å². The molecule has 0 aliphatic heterocycles. The second-order valence-corrected chi connectivity index (χ2v) is 9.20. The molecule has 182 valence electrons. The number of benzene rings is 2. The second kappa shape index (κ2) is 12.6. The van der Waals surface area contributed by atoms with Gasteiger partial charge in [-0.25, -0.2) is 0 Å². The molecule has 0 aliphatic carbocycles. The van der Waals surface area contributed by atoms with Crippen molar-refractivity contribution in [3.63, 3.8) is 0 Å². The highest BCUT2D eigenvalue weighted by atomic mass is 32.1. The van der Waals surface area contributed by atoms with Crippen molar-refractivity contribution in [2.24, 2.45) is 0 Å². The highest BCUT2D eigenvalue weighted by molar-refractivity contribution is 7.10. The Labute approximate surface area is 209 Å². The summed E-state index contributed by atoms with van der Waals surface area (Å²) in [6, 6.07) is 17.8. The molecule has 1 aromatic heterocycles. The molecule has 0 bridgehead atoms. The first-order valence-corrected chi connectivity index (χ1v) is 12.3. The molecule has 0 atom stereocenters. The van der Waals surface area contributed by atoms with Gasteiger partial charge in [-0.1, -0.05) is 37.3 Å². The van der Waals surface area contributed by atoms with E-state index in [2.05, 4.69) is 0 Å². The number of carbonyl (C=O) groups is 2. The normalized spacial score (nSPS) is 10.9.